The summed E-state index contributed by atoms with van der Waals surface area (Å²) >= 11 is 0. The largest absolute Gasteiger partial charge is 0.347 e. The van der Waals surface area contributed by atoms with Crippen molar-refractivity contribution in [1.82, 2.24) is 15.5 Å². The minimum atomic E-state index is -0.476. The first-order valence-corrected chi connectivity index (χ1v) is 7.11. The number of amides is 2. The summed E-state index contributed by atoms with van der Waals surface area (Å²) in [7, 11) is 0. The van der Waals surface area contributed by atoms with Crippen LogP contribution in [0.2, 0.25) is 0 Å². The Morgan fingerprint density at radius 3 is 2.75 bits per heavy atom. The van der Waals surface area contributed by atoms with Crippen LogP contribution in [0.25, 0.3) is 0 Å². The Morgan fingerprint density at radius 2 is 2.00 bits per heavy atom. The van der Waals surface area contributed by atoms with Crippen molar-refractivity contribution >= 4 is 11.8 Å². The zero-order chi connectivity index (χ0) is 13.9. The Labute approximate surface area is 118 Å². The summed E-state index contributed by atoms with van der Waals surface area (Å²) in [5, 5.41) is 5.93. The van der Waals surface area contributed by atoms with Crippen LogP contribution in [0, 0.1) is 0 Å². The van der Waals surface area contributed by atoms with Crippen molar-refractivity contribution < 1.29 is 9.59 Å². The Kier molecular flexibility index (Phi) is 3.69. The molecule has 3 rings (SSSR count). The van der Waals surface area contributed by atoms with E-state index < -0.39 is 11.8 Å². The average Bonchev–Trinajstić information content (AvgIpc) is 2.48. The van der Waals surface area contributed by atoms with E-state index in [1.165, 1.54) is 11.1 Å². The summed E-state index contributed by atoms with van der Waals surface area (Å²) < 4.78 is 0. The zero-order valence-corrected chi connectivity index (χ0v) is 11.4. The van der Waals surface area contributed by atoms with Crippen LogP contribution in [0.4, 0.5) is 0 Å². The molecule has 1 aliphatic heterocycles. The number of benzene rings is 1. The number of piperazine rings is 1. The maximum Gasteiger partial charge on any atom is 0.311 e. The minimum Gasteiger partial charge on any atom is -0.347 e. The van der Waals surface area contributed by atoms with Gasteiger partial charge in [0, 0.05) is 38.6 Å². The van der Waals surface area contributed by atoms with Gasteiger partial charge < -0.3 is 15.5 Å². The molecule has 1 aromatic carbocycles. The third-order valence-corrected chi connectivity index (χ3v) is 4.07. The topological polar surface area (TPSA) is 61.4 Å². The normalized spacial score (nSPS) is 20.8. The van der Waals surface area contributed by atoms with Crippen molar-refractivity contribution in [3.63, 3.8) is 0 Å². The van der Waals surface area contributed by atoms with E-state index in [1.54, 1.807) is 4.90 Å². The molecule has 0 radical (unpaired) electrons. The van der Waals surface area contributed by atoms with Gasteiger partial charge in [-0.1, -0.05) is 24.3 Å². The fourth-order valence-electron chi connectivity index (χ4n) is 2.85. The molecule has 0 saturated carbocycles. The molecule has 0 spiro atoms. The summed E-state index contributed by atoms with van der Waals surface area (Å²) in [5.74, 6) is -0.527. The predicted molar refractivity (Wildman–Crippen MR) is 75.3 cm³/mol. The fraction of sp³-hybridized carbons (Fsp3) is 0.467. The van der Waals surface area contributed by atoms with E-state index in [4.69, 9.17) is 0 Å². The Hall–Kier alpha value is -1.88. The van der Waals surface area contributed by atoms with E-state index in [-0.39, 0.29) is 0 Å². The van der Waals surface area contributed by atoms with Crippen molar-refractivity contribution in [2.24, 2.45) is 0 Å². The molecule has 2 amide bonds. The van der Waals surface area contributed by atoms with Crippen LogP contribution >= 0.6 is 0 Å². The van der Waals surface area contributed by atoms with Crippen molar-refractivity contribution in [2.75, 3.05) is 32.7 Å². The Bertz CT molecular complexity index is 524. The summed E-state index contributed by atoms with van der Waals surface area (Å²) in [4.78, 5) is 25.4. The second-order valence-electron chi connectivity index (χ2n) is 5.35. The molecule has 1 aliphatic carbocycles. The molecule has 20 heavy (non-hydrogen) atoms. The van der Waals surface area contributed by atoms with Crippen LogP contribution in [-0.4, -0.2) is 49.4 Å². The molecule has 106 valence electrons. The molecule has 1 heterocycles. The minimum absolute atomic E-state index is 0.353. The highest BCUT2D eigenvalue weighted by Crippen LogP contribution is 2.33. The van der Waals surface area contributed by atoms with Crippen LogP contribution < -0.4 is 10.6 Å². The van der Waals surface area contributed by atoms with Gasteiger partial charge in [-0.05, 0) is 17.5 Å². The Morgan fingerprint density at radius 1 is 1.25 bits per heavy atom. The highest BCUT2D eigenvalue weighted by atomic mass is 16.2. The number of carbonyl (C=O) groups excluding carboxylic acids is 2. The number of hydrogen-bond donors (Lipinski definition) is 2. The third-order valence-electron chi connectivity index (χ3n) is 4.07. The van der Waals surface area contributed by atoms with Gasteiger partial charge in [0.05, 0.1) is 0 Å². The zero-order valence-electron chi connectivity index (χ0n) is 11.4. The number of nitrogens with one attached hydrogen (secondary N) is 2. The van der Waals surface area contributed by atoms with Crippen LogP contribution in [0.1, 0.15) is 17.0 Å². The van der Waals surface area contributed by atoms with E-state index in [1.807, 2.05) is 12.1 Å². The van der Waals surface area contributed by atoms with E-state index in [2.05, 4.69) is 22.8 Å². The third kappa shape index (κ3) is 2.54. The molecule has 5 nitrogen and oxygen atoms in total. The van der Waals surface area contributed by atoms with E-state index in [0.717, 1.165) is 19.5 Å². The molecule has 1 fully saturated rings. The van der Waals surface area contributed by atoms with Crippen molar-refractivity contribution in [2.45, 2.75) is 12.3 Å². The second-order valence-corrected chi connectivity index (χ2v) is 5.35. The first kappa shape index (κ1) is 13.1. The van der Waals surface area contributed by atoms with Gasteiger partial charge in [-0.25, -0.2) is 0 Å². The number of rotatable bonds is 2. The van der Waals surface area contributed by atoms with Crippen LogP contribution in [-0.2, 0) is 16.0 Å². The standard InChI is InChI=1S/C15H19N3O2/c19-14(15(20)18-7-5-16-6-8-18)17-10-12-9-11-3-1-2-4-13(11)12/h1-4,12,16H,5-10H2,(H,17,19). The second kappa shape index (κ2) is 5.63. The predicted octanol–water partition coefficient (Wildman–Crippen LogP) is -0.126. The average molecular weight is 273 g/mol. The molecule has 1 atom stereocenters. The van der Waals surface area contributed by atoms with Crippen molar-refractivity contribution in [3.8, 4) is 0 Å². The lowest BCUT2D eigenvalue weighted by Gasteiger charge is -2.31. The molecule has 2 N–H and O–H groups in total. The summed E-state index contributed by atoms with van der Waals surface area (Å²) in [6.45, 7) is 3.29. The van der Waals surface area contributed by atoms with E-state index in [0.29, 0.717) is 25.6 Å². The monoisotopic (exact) mass is 273 g/mol. The van der Waals surface area contributed by atoms with Crippen LogP contribution in [0.3, 0.4) is 0 Å². The lowest BCUT2D eigenvalue weighted by atomic mass is 9.77. The van der Waals surface area contributed by atoms with Gasteiger partial charge in [-0.3, -0.25) is 9.59 Å². The van der Waals surface area contributed by atoms with Crippen molar-refractivity contribution in [3.05, 3.63) is 35.4 Å². The lowest BCUT2D eigenvalue weighted by molar-refractivity contribution is -0.146. The SMILES string of the molecule is O=C(NCC1Cc2ccccc21)C(=O)N1CCNCC1. The summed E-state index contributed by atoms with van der Waals surface area (Å²) in [5.41, 5.74) is 2.64. The lowest BCUT2D eigenvalue weighted by Crippen LogP contribution is -2.51. The van der Waals surface area contributed by atoms with Gasteiger partial charge in [0.2, 0.25) is 0 Å². The quantitative estimate of drug-likeness (QED) is 0.738. The van der Waals surface area contributed by atoms with Crippen LogP contribution in [0.15, 0.2) is 24.3 Å². The molecule has 2 aliphatic rings. The highest BCUT2D eigenvalue weighted by molar-refractivity contribution is 6.35. The molecule has 0 bridgehead atoms. The van der Waals surface area contributed by atoms with Gasteiger partial charge in [0.1, 0.15) is 0 Å². The number of hydrogen-bond acceptors (Lipinski definition) is 3. The van der Waals surface area contributed by atoms with Crippen LogP contribution in [0.5, 0.6) is 0 Å². The highest BCUT2D eigenvalue weighted by Gasteiger charge is 2.28. The maximum absolute atomic E-state index is 11.9. The first-order chi connectivity index (χ1) is 9.75. The molecule has 1 unspecified atom stereocenters. The van der Waals surface area contributed by atoms with E-state index in [9.17, 15) is 9.59 Å². The number of carbonyl (C=O) groups is 2. The van der Waals surface area contributed by atoms with Gasteiger partial charge in [0.15, 0.2) is 0 Å². The molecular weight excluding hydrogens is 254 g/mol. The fourth-order valence-corrected chi connectivity index (χ4v) is 2.85. The number of nitrogens with zero attached hydrogens (tertiary/aromatic N) is 1. The van der Waals surface area contributed by atoms with Gasteiger partial charge in [-0.2, -0.15) is 0 Å². The Balaban J connectivity index is 1.49. The molecular formula is C15H19N3O2. The summed E-state index contributed by atoms with van der Waals surface area (Å²) in [6.07, 6.45) is 0.984. The van der Waals surface area contributed by atoms with Crippen molar-refractivity contribution in [1.29, 1.82) is 0 Å². The first-order valence-electron chi connectivity index (χ1n) is 7.11. The van der Waals surface area contributed by atoms with Gasteiger partial charge >= 0.3 is 11.8 Å². The van der Waals surface area contributed by atoms with Gasteiger partial charge in [0.25, 0.3) is 0 Å². The summed E-state index contributed by atoms with van der Waals surface area (Å²) in [6, 6.07) is 8.24. The molecule has 1 saturated heterocycles. The molecule has 0 aromatic heterocycles. The van der Waals surface area contributed by atoms with E-state index >= 15 is 0 Å². The smallest absolute Gasteiger partial charge is 0.311 e. The maximum atomic E-state index is 11.9. The van der Waals surface area contributed by atoms with Gasteiger partial charge in [-0.15, -0.1) is 0 Å². The molecule has 1 aromatic rings. The number of fused-ring (bicyclic) bond motifs is 1. The molecule has 5 heteroatoms.